The summed E-state index contributed by atoms with van der Waals surface area (Å²) in [4.78, 5) is 7.06. The number of halogens is 1. The van der Waals surface area contributed by atoms with Gasteiger partial charge in [0, 0.05) is 6.20 Å². The highest BCUT2D eigenvalue weighted by molar-refractivity contribution is 5.85. The van der Waals surface area contributed by atoms with Crippen LogP contribution in [-0.2, 0) is 0 Å². The van der Waals surface area contributed by atoms with Gasteiger partial charge in [-0.25, -0.2) is 4.98 Å². The van der Waals surface area contributed by atoms with Crippen LogP contribution >= 0.6 is 12.4 Å². The van der Waals surface area contributed by atoms with Gasteiger partial charge in [0.25, 0.3) is 0 Å². The molecular formula is C8H6ClN3. The number of hydrogen-bond acceptors (Lipinski definition) is 2. The van der Waals surface area contributed by atoms with E-state index in [1.54, 1.807) is 12.3 Å². The molecule has 0 fully saturated rings. The third kappa shape index (κ3) is 1.25. The van der Waals surface area contributed by atoms with Crippen LogP contribution in [-0.4, -0.2) is 9.97 Å². The molecule has 0 spiro atoms. The summed E-state index contributed by atoms with van der Waals surface area (Å²) >= 11 is 0. The smallest absolute Gasteiger partial charge is 0.141 e. The predicted molar refractivity (Wildman–Crippen MR) is 48.1 cm³/mol. The maximum Gasteiger partial charge on any atom is 0.141 e. The molecule has 0 unspecified atom stereocenters. The molecule has 0 aromatic carbocycles. The molecule has 0 saturated heterocycles. The van der Waals surface area contributed by atoms with Gasteiger partial charge >= 0.3 is 0 Å². The van der Waals surface area contributed by atoms with Crippen LogP contribution in [0.15, 0.2) is 24.4 Å². The van der Waals surface area contributed by atoms with Crippen molar-refractivity contribution < 1.29 is 0 Å². The molecule has 2 heterocycles. The van der Waals surface area contributed by atoms with Gasteiger partial charge in [0.2, 0.25) is 0 Å². The summed E-state index contributed by atoms with van der Waals surface area (Å²) in [6.45, 7) is 0. The van der Waals surface area contributed by atoms with Crippen LogP contribution in [0.3, 0.4) is 0 Å². The lowest BCUT2D eigenvalue weighted by atomic mass is 10.3. The van der Waals surface area contributed by atoms with Crippen molar-refractivity contribution in [3.05, 3.63) is 30.1 Å². The van der Waals surface area contributed by atoms with E-state index in [2.05, 4.69) is 9.97 Å². The van der Waals surface area contributed by atoms with Crippen molar-refractivity contribution in [2.24, 2.45) is 0 Å². The van der Waals surface area contributed by atoms with Gasteiger partial charge in [0.1, 0.15) is 11.8 Å². The van der Waals surface area contributed by atoms with Crippen molar-refractivity contribution in [2.45, 2.75) is 0 Å². The van der Waals surface area contributed by atoms with Crippen molar-refractivity contribution in [1.82, 2.24) is 9.97 Å². The minimum Gasteiger partial charge on any atom is -0.360 e. The average molecular weight is 180 g/mol. The van der Waals surface area contributed by atoms with Gasteiger partial charge in [-0.3, -0.25) is 0 Å². The lowest BCUT2D eigenvalue weighted by Gasteiger charge is -1.87. The van der Waals surface area contributed by atoms with Gasteiger partial charge in [0.15, 0.2) is 0 Å². The molecule has 0 aliphatic heterocycles. The Balaban J connectivity index is 0.000000720. The second-order valence-electron chi connectivity index (χ2n) is 2.22. The number of H-pyrrole nitrogens is 1. The van der Waals surface area contributed by atoms with Crippen LogP contribution in [0, 0.1) is 11.3 Å². The molecule has 0 atom stereocenters. The summed E-state index contributed by atoms with van der Waals surface area (Å²) in [5, 5.41) is 8.51. The molecule has 0 bridgehead atoms. The van der Waals surface area contributed by atoms with Crippen LogP contribution < -0.4 is 0 Å². The Morgan fingerprint density at radius 3 is 2.92 bits per heavy atom. The average Bonchev–Trinajstić information content (AvgIpc) is 2.50. The maximum absolute atomic E-state index is 8.51. The van der Waals surface area contributed by atoms with E-state index in [0.717, 1.165) is 11.0 Å². The van der Waals surface area contributed by atoms with E-state index in [9.17, 15) is 0 Å². The van der Waals surface area contributed by atoms with Crippen LogP contribution in [0.25, 0.3) is 11.0 Å². The number of nitrogens with one attached hydrogen (secondary N) is 1. The lowest BCUT2D eigenvalue weighted by molar-refractivity contribution is 1.32. The summed E-state index contributed by atoms with van der Waals surface area (Å²) < 4.78 is 0. The number of hydrogen-bond donors (Lipinski definition) is 1. The van der Waals surface area contributed by atoms with E-state index < -0.39 is 0 Å². The Bertz CT molecular complexity index is 427. The van der Waals surface area contributed by atoms with E-state index in [0.29, 0.717) is 5.69 Å². The van der Waals surface area contributed by atoms with Crippen LogP contribution in [0.4, 0.5) is 0 Å². The first kappa shape index (κ1) is 8.57. The minimum atomic E-state index is 0. The van der Waals surface area contributed by atoms with Crippen molar-refractivity contribution >= 4 is 23.4 Å². The number of nitriles is 1. The first-order valence-corrected chi connectivity index (χ1v) is 3.24. The van der Waals surface area contributed by atoms with Crippen LogP contribution in [0.2, 0.25) is 0 Å². The molecule has 2 aromatic heterocycles. The van der Waals surface area contributed by atoms with Gasteiger partial charge in [-0.15, -0.1) is 12.4 Å². The fourth-order valence-corrected chi connectivity index (χ4v) is 0.997. The second-order valence-corrected chi connectivity index (χ2v) is 2.22. The highest BCUT2D eigenvalue weighted by Gasteiger charge is 1.95. The molecule has 60 valence electrons. The molecule has 0 radical (unpaired) electrons. The fourth-order valence-electron chi connectivity index (χ4n) is 0.997. The van der Waals surface area contributed by atoms with Crippen molar-refractivity contribution in [2.75, 3.05) is 0 Å². The van der Waals surface area contributed by atoms with E-state index in [4.69, 9.17) is 5.26 Å². The summed E-state index contributed by atoms with van der Waals surface area (Å²) in [5.41, 5.74) is 2.25. The van der Waals surface area contributed by atoms with E-state index >= 15 is 0 Å². The largest absolute Gasteiger partial charge is 0.360 e. The predicted octanol–water partition coefficient (Wildman–Crippen LogP) is 1.86. The number of aromatic nitrogens is 2. The Morgan fingerprint density at radius 2 is 2.17 bits per heavy atom. The molecule has 0 saturated carbocycles. The van der Waals surface area contributed by atoms with Crippen molar-refractivity contribution in [3.8, 4) is 6.07 Å². The molecular weight excluding hydrogens is 174 g/mol. The molecule has 2 rings (SSSR count). The first-order valence-electron chi connectivity index (χ1n) is 3.24. The minimum absolute atomic E-state index is 0. The number of nitrogens with zero attached hydrogens (tertiary/aromatic N) is 2. The Morgan fingerprint density at radius 1 is 1.33 bits per heavy atom. The second kappa shape index (κ2) is 3.24. The fraction of sp³-hybridized carbons (Fsp3) is 0. The van der Waals surface area contributed by atoms with Gasteiger partial charge in [-0.1, -0.05) is 0 Å². The third-order valence-electron chi connectivity index (χ3n) is 1.52. The first-order chi connectivity index (χ1) is 5.40. The normalized spacial score (nSPS) is 8.92. The zero-order chi connectivity index (χ0) is 7.68. The van der Waals surface area contributed by atoms with Gasteiger partial charge in [0.05, 0.1) is 11.0 Å². The van der Waals surface area contributed by atoms with E-state index in [1.807, 2.05) is 18.2 Å². The van der Waals surface area contributed by atoms with E-state index in [-0.39, 0.29) is 12.4 Å². The highest BCUT2D eigenvalue weighted by atomic mass is 35.5. The number of fused-ring (bicyclic) bond motifs is 1. The van der Waals surface area contributed by atoms with Crippen molar-refractivity contribution in [3.63, 3.8) is 0 Å². The van der Waals surface area contributed by atoms with Crippen LogP contribution in [0.5, 0.6) is 0 Å². The lowest BCUT2D eigenvalue weighted by Crippen LogP contribution is -1.80. The molecule has 12 heavy (non-hydrogen) atoms. The quantitative estimate of drug-likeness (QED) is 0.671. The topological polar surface area (TPSA) is 52.5 Å². The molecule has 4 heteroatoms. The van der Waals surface area contributed by atoms with Gasteiger partial charge in [-0.05, 0) is 18.2 Å². The Labute approximate surface area is 75.5 Å². The molecule has 1 N–H and O–H groups in total. The number of pyridine rings is 1. The number of rotatable bonds is 0. The SMILES string of the molecule is Cl.N#Cc1ccc2[nH]ccc2n1. The Hall–Kier alpha value is -1.53. The molecule has 0 aliphatic rings. The van der Waals surface area contributed by atoms with Crippen LogP contribution in [0.1, 0.15) is 5.69 Å². The zero-order valence-electron chi connectivity index (χ0n) is 6.11. The van der Waals surface area contributed by atoms with Gasteiger partial charge < -0.3 is 4.98 Å². The summed E-state index contributed by atoms with van der Waals surface area (Å²) in [5.74, 6) is 0. The number of aromatic amines is 1. The Kier molecular flexibility index (Phi) is 2.32. The molecule has 2 aromatic rings. The third-order valence-corrected chi connectivity index (χ3v) is 1.52. The highest BCUT2D eigenvalue weighted by Crippen LogP contribution is 2.08. The van der Waals surface area contributed by atoms with Gasteiger partial charge in [-0.2, -0.15) is 5.26 Å². The maximum atomic E-state index is 8.51. The monoisotopic (exact) mass is 179 g/mol. The summed E-state index contributed by atoms with van der Waals surface area (Å²) in [6.07, 6.45) is 1.80. The molecule has 0 aliphatic carbocycles. The summed E-state index contributed by atoms with van der Waals surface area (Å²) in [6, 6.07) is 7.37. The molecule has 0 amide bonds. The molecule has 3 nitrogen and oxygen atoms in total. The standard InChI is InChI=1S/C8H5N3.ClH/c9-5-6-1-2-7-8(11-6)3-4-10-7;/h1-4,10H;1H. The van der Waals surface area contributed by atoms with E-state index in [1.165, 1.54) is 0 Å². The summed E-state index contributed by atoms with van der Waals surface area (Å²) in [7, 11) is 0. The van der Waals surface area contributed by atoms with Crippen molar-refractivity contribution in [1.29, 1.82) is 5.26 Å². The zero-order valence-corrected chi connectivity index (χ0v) is 6.93.